The molecule has 28 heavy (non-hydrogen) atoms. The highest BCUT2D eigenvalue weighted by Crippen LogP contribution is 2.38. The maximum absolute atomic E-state index is 13.0. The predicted molar refractivity (Wildman–Crippen MR) is 95.9 cm³/mol. The van der Waals surface area contributed by atoms with Gasteiger partial charge in [-0.05, 0) is 31.9 Å². The van der Waals surface area contributed by atoms with Gasteiger partial charge in [0.05, 0.1) is 17.6 Å². The summed E-state index contributed by atoms with van der Waals surface area (Å²) < 4.78 is 42.2. The number of aromatic nitrogens is 6. The van der Waals surface area contributed by atoms with E-state index in [9.17, 15) is 13.2 Å². The van der Waals surface area contributed by atoms with E-state index in [-0.39, 0.29) is 5.78 Å². The number of halogens is 3. The molecular formula is C18H16F3N7. The number of hydrogen-bond acceptors (Lipinski definition) is 5. The van der Waals surface area contributed by atoms with Gasteiger partial charge in [-0.2, -0.15) is 22.7 Å². The van der Waals surface area contributed by atoms with Crippen molar-refractivity contribution in [1.29, 1.82) is 0 Å². The summed E-state index contributed by atoms with van der Waals surface area (Å²) >= 11 is 0. The SMILES string of the molecule is Cc1cc(NCc2nc3ccccc3n2C2CC2)n2nc(C(F)(F)F)nc2n1. The molecule has 0 saturated heterocycles. The summed E-state index contributed by atoms with van der Waals surface area (Å²) in [5, 5.41) is 6.74. The Labute approximate surface area is 157 Å². The van der Waals surface area contributed by atoms with E-state index in [1.165, 1.54) is 0 Å². The lowest BCUT2D eigenvalue weighted by Crippen LogP contribution is -2.12. The molecule has 0 spiro atoms. The molecule has 1 aliphatic carbocycles. The summed E-state index contributed by atoms with van der Waals surface area (Å²) in [6.45, 7) is 2.05. The van der Waals surface area contributed by atoms with E-state index < -0.39 is 12.0 Å². The molecule has 0 amide bonds. The van der Waals surface area contributed by atoms with Crippen molar-refractivity contribution in [1.82, 2.24) is 29.1 Å². The normalized spacial score (nSPS) is 14.9. The molecule has 0 unspecified atom stereocenters. The van der Waals surface area contributed by atoms with Crippen LogP contribution in [0.5, 0.6) is 0 Å². The molecule has 1 N–H and O–H groups in total. The van der Waals surface area contributed by atoms with Gasteiger partial charge in [0.25, 0.3) is 11.6 Å². The standard InChI is InChI=1S/C18H16F3N7/c1-10-8-14(28-17(23-10)25-16(26-28)18(19,20)21)22-9-15-24-12-4-2-3-5-13(12)27(15)11-6-7-11/h2-5,8,11,22H,6-7,9H2,1H3. The number of benzene rings is 1. The Bertz CT molecular complexity index is 1190. The second-order valence-corrected chi connectivity index (χ2v) is 6.90. The summed E-state index contributed by atoms with van der Waals surface area (Å²) in [6, 6.07) is 9.97. The Morgan fingerprint density at radius 3 is 2.68 bits per heavy atom. The largest absolute Gasteiger partial charge is 0.453 e. The number of imidazole rings is 1. The van der Waals surface area contributed by atoms with Crippen molar-refractivity contribution in [2.24, 2.45) is 0 Å². The van der Waals surface area contributed by atoms with Gasteiger partial charge in [0, 0.05) is 17.8 Å². The van der Waals surface area contributed by atoms with Crippen LogP contribution in [0.4, 0.5) is 19.0 Å². The van der Waals surface area contributed by atoms with Crippen molar-refractivity contribution in [2.45, 2.75) is 38.5 Å². The van der Waals surface area contributed by atoms with Gasteiger partial charge in [-0.25, -0.2) is 9.97 Å². The molecule has 3 heterocycles. The van der Waals surface area contributed by atoms with E-state index >= 15 is 0 Å². The molecule has 0 bridgehead atoms. The maximum Gasteiger partial charge on any atom is 0.453 e. The van der Waals surface area contributed by atoms with Gasteiger partial charge < -0.3 is 9.88 Å². The highest BCUT2D eigenvalue weighted by molar-refractivity contribution is 5.76. The number of aryl methyl sites for hydroxylation is 1. The number of nitrogens with zero attached hydrogens (tertiary/aromatic N) is 6. The molecule has 0 aliphatic heterocycles. The number of para-hydroxylation sites is 2. The van der Waals surface area contributed by atoms with E-state index in [0.717, 1.165) is 34.2 Å². The van der Waals surface area contributed by atoms with Crippen LogP contribution in [0.1, 0.15) is 36.2 Å². The second-order valence-electron chi connectivity index (χ2n) is 6.90. The van der Waals surface area contributed by atoms with E-state index in [1.54, 1.807) is 13.0 Å². The van der Waals surface area contributed by atoms with Crippen molar-refractivity contribution in [3.8, 4) is 0 Å². The summed E-state index contributed by atoms with van der Waals surface area (Å²) in [5.41, 5.74) is 2.52. The van der Waals surface area contributed by atoms with Crippen LogP contribution in [0.15, 0.2) is 30.3 Å². The van der Waals surface area contributed by atoms with Crippen LogP contribution >= 0.6 is 0 Å². The van der Waals surface area contributed by atoms with Crippen LogP contribution in [0, 0.1) is 6.92 Å². The number of fused-ring (bicyclic) bond motifs is 2. The van der Waals surface area contributed by atoms with Crippen LogP contribution < -0.4 is 5.32 Å². The molecule has 1 fully saturated rings. The quantitative estimate of drug-likeness (QED) is 0.577. The lowest BCUT2D eigenvalue weighted by Gasteiger charge is -2.11. The highest BCUT2D eigenvalue weighted by Gasteiger charge is 2.37. The van der Waals surface area contributed by atoms with Gasteiger partial charge in [0.1, 0.15) is 11.6 Å². The van der Waals surface area contributed by atoms with Gasteiger partial charge in [0.15, 0.2) is 0 Å². The number of anilines is 1. The van der Waals surface area contributed by atoms with Crippen molar-refractivity contribution in [3.05, 3.63) is 47.7 Å². The third kappa shape index (κ3) is 2.85. The third-order valence-electron chi connectivity index (χ3n) is 4.70. The minimum atomic E-state index is -4.63. The summed E-state index contributed by atoms with van der Waals surface area (Å²) in [7, 11) is 0. The molecule has 1 saturated carbocycles. The summed E-state index contributed by atoms with van der Waals surface area (Å²) in [4.78, 5) is 12.2. The first-order valence-electron chi connectivity index (χ1n) is 8.91. The number of rotatable bonds is 4. The summed E-state index contributed by atoms with van der Waals surface area (Å²) in [5.74, 6) is -0.0771. The molecule has 10 heteroatoms. The number of nitrogens with one attached hydrogen (secondary N) is 1. The molecule has 7 nitrogen and oxygen atoms in total. The Kier molecular flexibility index (Phi) is 3.58. The minimum Gasteiger partial charge on any atom is -0.363 e. The maximum atomic E-state index is 13.0. The van der Waals surface area contributed by atoms with E-state index in [0.29, 0.717) is 24.1 Å². The van der Waals surface area contributed by atoms with Gasteiger partial charge in [-0.3, -0.25) is 0 Å². The van der Waals surface area contributed by atoms with E-state index in [4.69, 9.17) is 4.98 Å². The monoisotopic (exact) mass is 387 g/mol. The van der Waals surface area contributed by atoms with Crippen molar-refractivity contribution < 1.29 is 13.2 Å². The molecule has 3 aromatic heterocycles. The fourth-order valence-corrected chi connectivity index (χ4v) is 3.36. The molecule has 5 rings (SSSR count). The van der Waals surface area contributed by atoms with Crippen LogP contribution in [0.3, 0.4) is 0 Å². The smallest absolute Gasteiger partial charge is 0.363 e. The minimum absolute atomic E-state index is 0.0921. The average molecular weight is 387 g/mol. The van der Waals surface area contributed by atoms with E-state index in [1.807, 2.05) is 24.3 Å². The second kappa shape index (κ2) is 5.91. The average Bonchev–Trinajstić information content (AvgIpc) is 3.25. The van der Waals surface area contributed by atoms with Crippen molar-refractivity contribution in [3.63, 3.8) is 0 Å². The zero-order valence-electron chi connectivity index (χ0n) is 14.9. The number of hydrogen-bond donors (Lipinski definition) is 1. The fourth-order valence-electron chi connectivity index (χ4n) is 3.36. The van der Waals surface area contributed by atoms with Crippen LogP contribution in [-0.4, -0.2) is 29.1 Å². The molecule has 4 aromatic rings. The molecule has 144 valence electrons. The molecule has 0 radical (unpaired) electrons. The van der Waals surface area contributed by atoms with Crippen LogP contribution in [0.2, 0.25) is 0 Å². The van der Waals surface area contributed by atoms with Gasteiger partial charge >= 0.3 is 6.18 Å². The summed E-state index contributed by atoms with van der Waals surface area (Å²) in [6.07, 6.45) is -2.42. The first-order valence-corrected chi connectivity index (χ1v) is 8.91. The Balaban J connectivity index is 1.52. The lowest BCUT2D eigenvalue weighted by atomic mass is 10.3. The zero-order chi connectivity index (χ0) is 19.5. The van der Waals surface area contributed by atoms with Gasteiger partial charge in [-0.1, -0.05) is 12.1 Å². The molecule has 1 aromatic carbocycles. The van der Waals surface area contributed by atoms with Gasteiger partial charge in [-0.15, -0.1) is 5.10 Å². The Hall–Kier alpha value is -3.17. The molecule has 0 atom stereocenters. The topological polar surface area (TPSA) is 72.9 Å². The molecule has 1 aliphatic rings. The van der Waals surface area contributed by atoms with Gasteiger partial charge in [0.2, 0.25) is 0 Å². The Morgan fingerprint density at radius 2 is 1.93 bits per heavy atom. The predicted octanol–water partition coefficient (Wildman–Crippen LogP) is 3.75. The first-order chi connectivity index (χ1) is 13.4. The van der Waals surface area contributed by atoms with Crippen LogP contribution in [-0.2, 0) is 12.7 Å². The van der Waals surface area contributed by atoms with Crippen molar-refractivity contribution >= 4 is 22.6 Å². The Morgan fingerprint density at radius 1 is 1.14 bits per heavy atom. The first kappa shape index (κ1) is 17.0. The van der Waals surface area contributed by atoms with E-state index in [2.05, 4.69) is 25.0 Å². The third-order valence-corrected chi connectivity index (χ3v) is 4.70. The molecular weight excluding hydrogens is 371 g/mol. The number of alkyl halides is 3. The van der Waals surface area contributed by atoms with Crippen LogP contribution in [0.25, 0.3) is 16.8 Å². The van der Waals surface area contributed by atoms with Crippen molar-refractivity contribution in [2.75, 3.05) is 5.32 Å². The fraction of sp³-hybridized carbons (Fsp3) is 0.333. The zero-order valence-corrected chi connectivity index (χ0v) is 14.9. The highest BCUT2D eigenvalue weighted by atomic mass is 19.4. The lowest BCUT2D eigenvalue weighted by molar-refractivity contribution is -0.144.